The van der Waals surface area contributed by atoms with Gasteiger partial charge < -0.3 is 19.0 Å². The number of fused-ring (bicyclic) bond motifs is 1. The van der Waals surface area contributed by atoms with E-state index in [-0.39, 0.29) is 23.6 Å². The third-order valence-corrected chi connectivity index (χ3v) is 6.00. The molecular weight excluding hydrogens is 609 g/mol. The van der Waals surface area contributed by atoms with Gasteiger partial charge in [-0.1, -0.05) is 12.1 Å². The molecule has 0 saturated carbocycles. The SMILES string of the molecule is CCOc1cc(/C=N/NC(=O)c2cc3cc([N+](=O)[O-])ccc3o2)cc(I)c1OCc1cccc(C(=O)O)c1. The number of nitrogens with one attached hydrogen (secondary N) is 1. The predicted octanol–water partition coefficient (Wildman–Crippen LogP) is 5.39. The van der Waals surface area contributed by atoms with Gasteiger partial charge in [0, 0.05) is 17.5 Å². The van der Waals surface area contributed by atoms with Gasteiger partial charge in [-0.15, -0.1) is 0 Å². The monoisotopic (exact) mass is 629 g/mol. The highest BCUT2D eigenvalue weighted by atomic mass is 127. The highest BCUT2D eigenvalue weighted by molar-refractivity contribution is 14.1. The number of nitro groups is 1. The largest absolute Gasteiger partial charge is 0.490 e. The van der Waals surface area contributed by atoms with E-state index in [9.17, 15) is 24.8 Å². The zero-order chi connectivity index (χ0) is 27.2. The number of aromatic carboxylic acids is 1. The predicted molar refractivity (Wildman–Crippen MR) is 146 cm³/mol. The van der Waals surface area contributed by atoms with Crippen LogP contribution in [0, 0.1) is 13.7 Å². The third kappa shape index (κ3) is 6.26. The summed E-state index contributed by atoms with van der Waals surface area (Å²) < 4.78 is 17.9. The lowest BCUT2D eigenvalue weighted by Crippen LogP contribution is -2.16. The summed E-state index contributed by atoms with van der Waals surface area (Å²) in [4.78, 5) is 34.1. The molecule has 1 aromatic heterocycles. The summed E-state index contributed by atoms with van der Waals surface area (Å²) >= 11 is 2.09. The molecule has 0 radical (unpaired) electrons. The zero-order valence-electron chi connectivity index (χ0n) is 19.8. The summed E-state index contributed by atoms with van der Waals surface area (Å²) in [6.07, 6.45) is 1.43. The van der Waals surface area contributed by atoms with Crippen LogP contribution in [0.3, 0.4) is 0 Å². The maximum absolute atomic E-state index is 12.5. The number of carboxylic acids is 1. The standard InChI is InChI=1S/C26H20IN3O8/c1-2-36-22-10-16(9-20(27)24(22)37-14-15-4-3-5-17(8-15)26(32)33)13-28-29-25(31)23-12-18-11-19(30(34)35)6-7-21(18)38-23/h3-13H,2,14H2,1H3,(H,29,31)(H,32,33)/b28-13+. The van der Waals surface area contributed by atoms with E-state index in [1.807, 2.05) is 6.92 Å². The Kier molecular flexibility index (Phi) is 8.21. The zero-order valence-corrected chi connectivity index (χ0v) is 22.0. The number of non-ortho nitro benzene ring substituents is 1. The number of hydrogen-bond acceptors (Lipinski definition) is 8. The number of carboxylic acid groups (broad SMARTS) is 1. The molecule has 0 bridgehead atoms. The van der Waals surface area contributed by atoms with Crippen molar-refractivity contribution in [1.82, 2.24) is 5.43 Å². The van der Waals surface area contributed by atoms with E-state index in [4.69, 9.17) is 13.9 Å². The van der Waals surface area contributed by atoms with Crippen molar-refractivity contribution in [2.75, 3.05) is 6.61 Å². The Labute approximate surface area is 229 Å². The second kappa shape index (κ2) is 11.7. The number of benzene rings is 3. The number of hydrogen-bond donors (Lipinski definition) is 2. The van der Waals surface area contributed by atoms with Crippen LogP contribution >= 0.6 is 22.6 Å². The molecule has 0 atom stereocenters. The normalized spacial score (nSPS) is 11.0. The van der Waals surface area contributed by atoms with Crippen LogP contribution in [0.15, 0.2) is 70.2 Å². The average molecular weight is 629 g/mol. The molecular formula is C26H20IN3O8. The number of furan rings is 1. The number of carbonyl (C=O) groups is 2. The number of amides is 1. The summed E-state index contributed by atoms with van der Waals surface area (Å²) in [6.45, 7) is 2.35. The van der Waals surface area contributed by atoms with Crippen molar-refractivity contribution < 1.29 is 33.5 Å². The van der Waals surface area contributed by atoms with Gasteiger partial charge in [-0.2, -0.15) is 5.10 Å². The molecule has 4 aromatic rings. The van der Waals surface area contributed by atoms with E-state index in [2.05, 4.69) is 33.1 Å². The van der Waals surface area contributed by atoms with Crippen LogP contribution in [-0.2, 0) is 6.61 Å². The van der Waals surface area contributed by atoms with Gasteiger partial charge >= 0.3 is 11.9 Å². The Bertz CT molecular complexity index is 1560. The van der Waals surface area contributed by atoms with Crippen LogP contribution in [0.2, 0.25) is 0 Å². The number of ether oxygens (including phenoxy) is 2. The average Bonchev–Trinajstić information content (AvgIpc) is 3.32. The lowest BCUT2D eigenvalue weighted by molar-refractivity contribution is -0.384. The molecule has 2 N–H and O–H groups in total. The highest BCUT2D eigenvalue weighted by Crippen LogP contribution is 2.34. The number of rotatable bonds is 10. The number of carbonyl (C=O) groups excluding carboxylic acids is 1. The Morgan fingerprint density at radius 3 is 2.71 bits per heavy atom. The van der Waals surface area contributed by atoms with Gasteiger partial charge in [0.05, 0.1) is 26.9 Å². The number of halogens is 1. The third-order valence-electron chi connectivity index (χ3n) is 5.20. The van der Waals surface area contributed by atoms with E-state index in [0.717, 1.165) is 3.57 Å². The fourth-order valence-electron chi connectivity index (χ4n) is 3.49. The topological polar surface area (TPSA) is 154 Å². The summed E-state index contributed by atoms with van der Waals surface area (Å²) in [5, 5.41) is 24.5. The molecule has 4 rings (SSSR count). The second-order valence-electron chi connectivity index (χ2n) is 7.85. The van der Waals surface area contributed by atoms with Crippen molar-refractivity contribution >= 4 is 57.3 Å². The Morgan fingerprint density at radius 2 is 1.97 bits per heavy atom. The fraction of sp³-hybridized carbons (Fsp3) is 0.115. The smallest absolute Gasteiger partial charge is 0.335 e. The van der Waals surface area contributed by atoms with Gasteiger partial charge in [0.2, 0.25) is 0 Å². The second-order valence-corrected chi connectivity index (χ2v) is 9.01. The fourth-order valence-corrected chi connectivity index (χ4v) is 4.27. The Balaban J connectivity index is 1.46. The quantitative estimate of drug-likeness (QED) is 0.103. The number of nitro benzene ring substituents is 1. The Hall–Kier alpha value is -4.46. The summed E-state index contributed by atoms with van der Waals surface area (Å²) in [6, 6.07) is 15.4. The first-order valence-corrected chi connectivity index (χ1v) is 12.3. The minimum atomic E-state index is -1.02. The summed E-state index contributed by atoms with van der Waals surface area (Å²) in [7, 11) is 0. The molecule has 0 aliphatic rings. The molecule has 0 aliphatic carbocycles. The lowest BCUT2D eigenvalue weighted by atomic mass is 10.1. The van der Waals surface area contributed by atoms with Crippen molar-refractivity contribution in [3.63, 3.8) is 0 Å². The molecule has 0 unspecified atom stereocenters. The van der Waals surface area contributed by atoms with Crippen molar-refractivity contribution in [3.8, 4) is 11.5 Å². The molecule has 12 heteroatoms. The minimum absolute atomic E-state index is 0.0436. The van der Waals surface area contributed by atoms with Crippen molar-refractivity contribution in [2.24, 2.45) is 5.10 Å². The summed E-state index contributed by atoms with van der Waals surface area (Å²) in [5.74, 6) is -0.732. The Morgan fingerprint density at radius 1 is 1.16 bits per heavy atom. The van der Waals surface area contributed by atoms with Crippen LogP contribution in [-0.4, -0.2) is 34.7 Å². The lowest BCUT2D eigenvalue weighted by Gasteiger charge is -2.15. The van der Waals surface area contributed by atoms with Gasteiger partial charge in [-0.3, -0.25) is 14.9 Å². The molecule has 0 fully saturated rings. The maximum Gasteiger partial charge on any atom is 0.335 e. The molecule has 1 amide bonds. The van der Waals surface area contributed by atoms with E-state index >= 15 is 0 Å². The van der Waals surface area contributed by atoms with Gasteiger partial charge in [-0.05, 0) is 77.0 Å². The number of hydrazone groups is 1. The van der Waals surface area contributed by atoms with Crippen molar-refractivity contribution in [3.05, 3.63) is 96.8 Å². The van der Waals surface area contributed by atoms with E-state index < -0.39 is 16.8 Å². The molecule has 3 aromatic carbocycles. The molecule has 38 heavy (non-hydrogen) atoms. The van der Waals surface area contributed by atoms with Crippen molar-refractivity contribution in [1.29, 1.82) is 0 Å². The molecule has 0 aliphatic heterocycles. The first-order valence-electron chi connectivity index (χ1n) is 11.2. The molecule has 1 heterocycles. The van der Waals surface area contributed by atoms with E-state index in [1.54, 1.807) is 30.3 Å². The van der Waals surface area contributed by atoms with Gasteiger partial charge in [0.1, 0.15) is 12.2 Å². The molecule has 11 nitrogen and oxygen atoms in total. The van der Waals surface area contributed by atoms with Gasteiger partial charge in [0.15, 0.2) is 17.3 Å². The van der Waals surface area contributed by atoms with Crippen LogP contribution in [0.25, 0.3) is 11.0 Å². The first kappa shape index (κ1) is 26.6. The molecule has 0 spiro atoms. The maximum atomic E-state index is 12.5. The van der Waals surface area contributed by atoms with Crippen LogP contribution in [0.5, 0.6) is 11.5 Å². The minimum Gasteiger partial charge on any atom is -0.490 e. The highest BCUT2D eigenvalue weighted by Gasteiger charge is 2.16. The molecule has 194 valence electrons. The van der Waals surface area contributed by atoms with E-state index in [1.165, 1.54) is 36.5 Å². The van der Waals surface area contributed by atoms with Crippen molar-refractivity contribution in [2.45, 2.75) is 13.5 Å². The van der Waals surface area contributed by atoms with Gasteiger partial charge in [-0.25, -0.2) is 10.2 Å². The van der Waals surface area contributed by atoms with E-state index in [0.29, 0.717) is 40.2 Å². The van der Waals surface area contributed by atoms with Crippen LogP contribution in [0.4, 0.5) is 5.69 Å². The van der Waals surface area contributed by atoms with Gasteiger partial charge in [0.25, 0.3) is 5.69 Å². The van der Waals surface area contributed by atoms with Crippen LogP contribution < -0.4 is 14.9 Å². The number of nitrogens with zero attached hydrogens (tertiary/aromatic N) is 2. The molecule has 0 saturated heterocycles. The first-order chi connectivity index (χ1) is 18.2. The van der Waals surface area contributed by atoms with Crippen LogP contribution in [0.1, 0.15) is 39.0 Å². The summed E-state index contributed by atoms with van der Waals surface area (Å²) in [5.41, 5.74) is 4.09.